The maximum absolute atomic E-state index is 11.7. The molecular weight excluding hydrogens is 450 g/mol. The van der Waals surface area contributed by atoms with Crippen molar-refractivity contribution in [3.8, 4) is 5.69 Å². The molecule has 5 heterocycles. The number of benzene rings is 1. The first-order chi connectivity index (χ1) is 16.8. The van der Waals surface area contributed by atoms with Crippen LogP contribution in [0.3, 0.4) is 0 Å². The molecule has 5 aliphatic rings. The highest BCUT2D eigenvalue weighted by Crippen LogP contribution is 2.60. The van der Waals surface area contributed by atoms with E-state index >= 15 is 0 Å². The number of rotatable bonds is 5. The fourth-order valence-corrected chi connectivity index (χ4v) is 6.59. The van der Waals surface area contributed by atoms with E-state index in [1.165, 1.54) is 0 Å². The lowest BCUT2D eigenvalue weighted by Gasteiger charge is -2.60. The molecule has 5 fully saturated rings. The first-order valence-electron chi connectivity index (χ1n) is 12.6. The van der Waals surface area contributed by atoms with Gasteiger partial charge in [0.1, 0.15) is 5.69 Å². The average molecular weight is 484 g/mol. The zero-order valence-electron chi connectivity index (χ0n) is 20.7. The molecule has 2 aromatic rings. The van der Waals surface area contributed by atoms with Gasteiger partial charge < -0.3 is 14.2 Å². The van der Waals surface area contributed by atoms with Crippen LogP contribution >= 0.6 is 0 Å². The van der Waals surface area contributed by atoms with Gasteiger partial charge in [0, 0.05) is 23.8 Å². The summed E-state index contributed by atoms with van der Waals surface area (Å²) in [7, 11) is 0. The van der Waals surface area contributed by atoms with E-state index in [0.29, 0.717) is 23.1 Å². The highest BCUT2D eigenvalue weighted by atomic mass is 17.3. The molecule has 2 bridgehead atoms. The van der Waals surface area contributed by atoms with Gasteiger partial charge >= 0.3 is 0 Å². The second-order valence-electron chi connectivity index (χ2n) is 10.8. The van der Waals surface area contributed by atoms with Crippen molar-refractivity contribution in [2.45, 2.75) is 84.0 Å². The molecule has 0 amide bonds. The molecule has 0 radical (unpaired) electrons. The smallest absolute Gasteiger partial charge is 0.201 e. The molecule has 188 valence electrons. The summed E-state index contributed by atoms with van der Waals surface area (Å²) in [5, 5.41) is 8.48. The highest BCUT2D eigenvalue weighted by molar-refractivity contribution is 5.94. The van der Waals surface area contributed by atoms with Gasteiger partial charge in [-0.05, 0) is 57.1 Å². The lowest BCUT2D eigenvalue weighted by Crippen LogP contribution is -2.70. The van der Waals surface area contributed by atoms with Crippen molar-refractivity contribution in [3.63, 3.8) is 0 Å². The van der Waals surface area contributed by atoms with E-state index in [-0.39, 0.29) is 24.2 Å². The fraction of sp³-hybridized carbons (Fsp3) is 0.654. The Morgan fingerprint density at radius 2 is 2.06 bits per heavy atom. The summed E-state index contributed by atoms with van der Waals surface area (Å²) in [6, 6.07) is 7.31. The van der Waals surface area contributed by atoms with Crippen molar-refractivity contribution in [2.24, 2.45) is 23.7 Å². The number of carbonyl (C=O) groups excluding carboxylic acids is 1. The van der Waals surface area contributed by atoms with Crippen LogP contribution in [-0.2, 0) is 30.6 Å². The second kappa shape index (κ2) is 8.45. The van der Waals surface area contributed by atoms with Crippen molar-refractivity contribution in [1.29, 1.82) is 0 Å². The van der Waals surface area contributed by atoms with Crippen LogP contribution in [0.1, 0.15) is 69.4 Å². The average Bonchev–Trinajstić information content (AvgIpc) is 3.21. The number of Topliss-reactive ketones (excluding diaryl/α,β-unsaturated/α-hetero) is 1. The number of fused-ring (bicyclic) bond motifs is 2. The Morgan fingerprint density at radius 1 is 1.20 bits per heavy atom. The van der Waals surface area contributed by atoms with Crippen LogP contribution in [0.5, 0.6) is 0 Å². The molecular formula is C26H33N3O6. The SMILES string of the molecule is CC(=O)c1cccc(-n2cc(CO[C@H]3O[C@@H]4O[C@@]5(C)CC[C@H]6[C@H](C)CC[C@@H]([C@H]3C)[C@@]46OO5)nn2)c1. The minimum absolute atomic E-state index is 0.00810. The molecule has 1 spiro atoms. The molecule has 1 saturated carbocycles. The molecule has 35 heavy (non-hydrogen) atoms. The third-order valence-electron chi connectivity index (χ3n) is 8.55. The van der Waals surface area contributed by atoms with Crippen molar-refractivity contribution in [2.75, 3.05) is 0 Å². The minimum Gasteiger partial charge on any atom is -0.346 e. The van der Waals surface area contributed by atoms with Crippen LogP contribution < -0.4 is 0 Å². The Bertz CT molecular complexity index is 1120. The van der Waals surface area contributed by atoms with Crippen LogP contribution in [-0.4, -0.2) is 44.7 Å². The van der Waals surface area contributed by atoms with E-state index in [1.807, 2.05) is 25.3 Å². The van der Waals surface area contributed by atoms with Gasteiger partial charge in [0.2, 0.25) is 5.79 Å². The number of carbonyl (C=O) groups is 1. The van der Waals surface area contributed by atoms with E-state index in [9.17, 15) is 4.79 Å². The topological polar surface area (TPSA) is 93.9 Å². The number of aromatic nitrogens is 3. The summed E-state index contributed by atoms with van der Waals surface area (Å²) in [5.74, 6) is 0.350. The van der Waals surface area contributed by atoms with Gasteiger partial charge in [-0.2, -0.15) is 0 Å². The van der Waals surface area contributed by atoms with Crippen molar-refractivity contribution in [3.05, 3.63) is 41.7 Å². The second-order valence-corrected chi connectivity index (χ2v) is 10.8. The van der Waals surface area contributed by atoms with Crippen LogP contribution in [0, 0.1) is 23.7 Å². The zero-order chi connectivity index (χ0) is 24.4. The standard InChI is InChI=1S/C26H33N3O6/c1-15-8-9-22-16(2)23(32-24-26(22)21(15)10-11-25(4,33-24)34-35-26)31-14-19-13-29(28-27-19)20-7-5-6-18(12-20)17(3)30/h5-7,12-13,15-16,21-24H,8-11,14H2,1-4H3/t15-,16-,21+,22+,23+,24-,25-,26-/m1/s1. The van der Waals surface area contributed by atoms with E-state index in [1.54, 1.807) is 23.7 Å². The largest absolute Gasteiger partial charge is 0.346 e. The molecule has 0 unspecified atom stereocenters. The lowest BCUT2D eigenvalue weighted by atomic mass is 9.58. The van der Waals surface area contributed by atoms with Crippen molar-refractivity contribution < 1.29 is 28.8 Å². The van der Waals surface area contributed by atoms with Gasteiger partial charge in [0.15, 0.2) is 24.0 Å². The van der Waals surface area contributed by atoms with Gasteiger partial charge in [-0.3, -0.25) is 4.79 Å². The van der Waals surface area contributed by atoms with E-state index in [2.05, 4.69) is 24.2 Å². The molecule has 9 nitrogen and oxygen atoms in total. The molecule has 9 heteroatoms. The Hall–Kier alpha value is -2.17. The summed E-state index contributed by atoms with van der Waals surface area (Å²) < 4.78 is 20.8. The van der Waals surface area contributed by atoms with Gasteiger partial charge in [-0.1, -0.05) is 31.2 Å². The maximum Gasteiger partial charge on any atom is 0.201 e. The molecule has 7 rings (SSSR count). The van der Waals surface area contributed by atoms with Gasteiger partial charge in [-0.25, -0.2) is 14.5 Å². The molecule has 1 aromatic heterocycles. The molecule has 4 saturated heterocycles. The van der Waals surface area contributed by atoms with Gasteiger partial charge in [0.05, 0.1) is 18.5 Å². The number of nitrogens with zero attached hydrogens (tertiary/aromatic N) is 3. The Balaban J connectivity index is 1.20. The van der Waals surface area contributed by atoms with E-state index in [0.717, 1.165) is 31.4 Å². The molecule has 1 aliphatic carbocycles. The predicted molar refractivity (Wildman–Crippen MR) is 123 cm³/mol. The number of ketones is 1. The molecule has 0 N–H and O–H groups in total. The van der Waals surface area contributed by atoms with Crippen LogP contribution in [0.2, 0.25) is 0 Å². The molecule has 8 atom stereocenters. The first kappa shape index (κ1) is 23.2. The fourth-order valence-electron chi connectivity index (χ4n) is 6.59. The minimum atomic E-state index is -0.806. The van der Waals surface area contributed by atoms with Crippen LogP contribution in [0.25, 0.3) is 5.69 Å². The molecule has 1 aromatic carbocycles. The van der Waals surface area contributed by atoms with Gasteiger partial charge in [0.25, 0.3) is 0 Å². The quantitative estimate of drug-likeness (QED) is 0.462. The monoisotopic (exact) mass is 483 g/mol. The normalized spacial score (nSPS) is 40.2. The molecule has 4 aliphatic heterocycles. The number of hydrogen-bond donors (Lipinski definition) is 0. The highest BCUT2D eigenvalue weighted by Gasteiger charge is 2.69. The summed E-state index contributed by atoms with van der Waals surface area (Å²) in [6.07, 6.45) is 4.77. The van der Waals surface area contributed by atoms with Gasteiger partial charge in [-0.15, -0.1) is 5.10 Å². The summed E-state index contributed by atoms with van der Waals surface area (Å²) in [6.45, 7) is 8.20. The predicted octanol–water partition coefficient (Wildman–Crippen LogP) is 4.19. The zero-order valence-corrected chi connectivity index (χ0v) is 20.7. The first-order valence-corrected chi connectivity index (χ1v) is 12.6. The van der Waals surface area contributed by atoms with Crippen LogP contribution in [0.4, 0.5) is 0 Å². The third-order valence-corrected chi connectivity index (χ3v) is 8.55. The van der Waals surface area contributed by atoms with E-state index in [4.69, 9.17) is 24.0 Å². The van der Waals surface area contributed by atoms with E-state index < -0.39 is 24.0 Å². The summed E-state index contributed by atoms with van der Waals surface area (Å²) in [5.41, 5.74) is 1.49. The Morgan fingerprint density at radius 3 is 2.89 bits per heavy atom. The maximum atomic E-state index is 11.7. The summed E-state index contributed by atoms with van der Waals surface area (Å²) in [4.78, 5) is 23.8. The number of hydrogen-bond acceptors (Lipinski definition) is 8. The summed E-state index contributed by atoms with van der Waals surface area (Å²) >= 11 is 0. The Labute approximate surface area is 204 Å². The lowest BCUT2D eigenvalue weighted by molar-refractivity contribution is -0.577. The third kappa shape index (κ3) is 3.76. The van der Waals surface area contributed by atoms with Crippen molar-refractivity contribution >= 4 is 5.78 Å². The van der Waals surface area contributed by atoms with Crippen LogP contribution in [0.15, 0.2) is 30.5 Å². The Kier molecular flexibility index (Phi) is 5.61. The van der Waals surface area contributed by atoms with Crippen molar-refractivity contribution in [1.82, 2.24) is 15.0 Å². The number of ether oxygens (including phenoxy) is 3.